The second-order valence-electron chi connectivity index (χ2n) is 8.86. The van der Waals surface area contributed by atoms with Crippen LogP contribution in [0.2, 0.25) is 0 Å². The molecule has 0 radical (unpaired) electrons. The lowest BCUT2D eigenvalue weighted by Crippen LogP contribution is -2.57. The van der Waals surface area contributed by atoms with Crippen LogP contribution in [0.5, 0.6) is 0 Å². The maximum absolute atomic E-state index is 12.5. The molecule has 0 aliphatic heterocycles. The summed E-state index contributed by atoms with van der Waals surface area (Å²) >= 11 is 0. The maximum atomic E-state index is 12.5. The standard InChI is InChI=1S/C20H30O3/c1-13(21)23-17-8-6-7-15-19(4)12-10-16(22)18(2,3)14(19)9-11-20(15,17)5/h7,14,17H,6,8-12H2,1-5H3/t14-,17+,19?,20?/m0/s1. The van der Waals surface area contributed by atoms with Gasteiger partial charge in [0.2, 0.25) is 0 Å². The number of fused-ring (bicyclic) bond motifs is 3. The Morgan fingerprint density at radius 1 is 1.13 bits per heavy atom. The molecule has 0 amide bonds. The zero-order chi connectivity index (χ0) is 17.0. The zero-order valence-electron chi connectivity index (χ0n) is 15.2. The fourth-order valence-corrected chi connectivity index (χ4v) is 5.98. The number of carbonyl (C=O) groups excluding carboxylic acids is 2. The van der Waals surface area contributed by atoms with Crippen LogP contribution in [0.15, 0.2) is 11.6 Å². The molecule has 0 bridgehead atoms. The number of Topliss-reactive ketones (excluding diaryl/α,β-unsaturated/α-hetero) is 1. The Morgan fingerprint density at radius 3 is 2.48 bits per heavy atom. The Morgan fingerprint density at radius 2 is 1.83 bits per heavy atom. The summed E-state index contributed by atoms with van der Waals surface area (Å²) in [7, 11) is 0. The largest absolute Gasteiger partial charge is 0.462 e. The van der Waals surface area contributed by atoms with Gasteiger partial charge in [-0.3, -0.25) is 9.59 Å². The van der Waals surface area contributed by atoms with Crippen LogP contribution in [0.25, 0.3) is 0 Å². The second kappa shape index (κ2) is 5.19. The lowest BCUT2D eigenvalue weighted by Gasteiger charge is -2.61. The highest BCUT2D eigenvalue weighted by atomic mass is 16.5. The SMILES string of the molecule is CC(=O)O[C@@H]1CCC=C2C1(C)CC[C@H]1C(C)(C)C(=O)CCC21C. The Hall–Kier alpha value is -1.12. The van der Waals surface area contributed by atoms with E-state index in [9.17, 15) is 9.59 Å². The summed E-state index contributed by atoms with van der Waals surface area (Å²) < 4.78 is 5.71. The minimum Gasteiger partial charge on any atom is -0.462 e. The van der Waals surface area contributed by atoms with Crippen molar-refractivity contribution < 1.29 is 14.3 Å². The molecule has 23 heavy (non-hydrogen) atoms. The van der Waals surface area contributed by atoms with Crippen molar-refractivity contribution in [1.29, 1.82) is 0 Å². The van der Waals surface area contributed by atoms with Crippen molar-refractivity contribution in [2.24, 2.45) is 22.2 Å². The van der Waals surface area contributed by atoms with Gasteiger partial charge in [0.25, 0.3) is 0 Å². The first-order valence-corrected chi connectivity index (χ1v) is 9.04. The maximum Gasteiger partial charge on any atom is 0.302 e. The van der Waals surface area contributed by atoms with Crippen molar-refractivity contribution in [3.63, 3.8) is 0 Å². The number of hydrogen-bond acceptors (Lipinski definition) is 3. The third kappa shape index (κ3) is 2.30. The van der Waals surface area contributed by atoms with Gasteiger partial charge in [0.1, 0.15) is 11.9 Å². The van der Waals surface area contributed by atoms with Crippen LogP contribution in [-0.4, -0.2) is 17.9 Å². The summed E-state index contributed by atoms with van der Waals surface area (Å²) in [5.74, 6) is 0.632. The van der Waals surface area contributed by atoms with Gasteiger partial charge in [-0.2, -0.15) is 0 Å². The number of esters is 1. The van der Waals surface area contributed by atoms with Crippen molar-refractivity contribution >= 4 is 11.8 Å². The van der Waals surface area contributed by atoms with E-state index in [2.05, 4.69) is 33.8 Å². The fraction of sp³-hybridized carbons (Fsp3) is 0.800. The molecule has 0 N–H and O–H groups in total. The molecular weight excluding hydrogens is 288 g/mol. The van der Waals surface area contributed by atoms with Gasteiger partial charge in [-0.05, 0) is 43.4 Å². The number of ketones is 1. The molecule has 0 aromatic rings. The van der Waals surface area contributed by atoms with Crippen molar-refractivity contribution in [2.75, 3.05) is 0 Å². The fourth-order valence-electron chi connectivity index (χ4n) is 5.98. The Bertz CT molecular complexity index is 573. The van der Waals surface area contributed by atoms with E-state index in [0.29, 0.717) is 18.1 Å². The van der Waals surface area contributed by atoms with Gasteiger partial charge in [-0.15, -0.1) is 0 Å². The molecule has 3 heteroatoms. The average Bonchev–Trinajstić information content (AvgIpc) is 2.44. The van der Waals surface area contributed by atoms with E-state index in [1.807, 2.05) is 0 Å². The van der Waals surface area contributed by atoms with Gasteiger partial charge in [0, 0.05) is 24.2 Å². The topological polar surface area (TPSA) is 43.4 Å². The molecule has 2 saturated carbocycles. The highest BCUT2D eigenvalue weighted by Gasteiger charge is 2.60. The number of allylic oxidation sites excluding steroid dienone is 1. The molecule has 2 unspecified atom stereocenters. The molecule has 2 fully saturated rings. The zero-order valence-corrected chi connectivity index (χ0v) is 15.2. The van der Waals surface area contributed by atoms with Crippen LogP contribution < -0.4 is 0 Å². The van der Waals surface area contributed by atoms with Crippen molar-refractivity contribution in [2.45, 2.75) is 79.2 Å². The Labute approximate surface area is 139 Å². The Balaban J connectivity index is 2.02. The molecule has 0 spiro atoms. The first-order chi connectivity index (χ1) is 10.6. The summed E-state index contributed by atoms with van der Waals surface area (Å²) in [6.07, 6.45) is 7.94. The molecule has 3 aliphatic carbocycles. The van der Waals surface area contributed by atoms with Crippen LogP contribution in [0.1, 0.15) is 73.1 Å². The highest BCUT2D eigenvalue weighted by Crippen LogP contribution is 2.65. The first kappa shape index (κ1) is 16.7. The van der Waals surface area contributed by atoms with Gasteiger partial charge in [-0.25, -0.2) is 0 Å². The summed E-state index contributed by atoms with van der Waals surface area (Å²) in [6, 6.07) is 0. The molecule has 3 aliphatic rings. The molecule has 3 nitrogen and oxygen atoms in total. The van der Waals surface area contributed by atoms with E-state index < -0.39 is 0 Å². The molecule has 128 valence electrons. The smallest absolute Gasteiger partial charge is 0.302 e. The van der Waals surface area contributed by atoms with E-state index in [1.165, 1.54) is 12.5 Å². The molecule has 0 heterocycles. The normalized spacial score (nSPS) is 42.3. The van der Waals surface area contributed by atoms with E-state index in [4.69, 9.17) is 4.74 Å². The van der Waals surface area contributed by atoms with Gasteiger partial charge < -0.3 is 4.74 Å². The number of carbonyl (C=O) groups is 2. The predicted molar refractivity (Wildman–Crippen MR) is 89.8 cm³/mol. The average molecular weight is 318 g/mol. The second-order valence-corrected chi connectivity index (χ2v) is 8.86. The van der Waals surface area contributed by atoms with Crippen LogP contribution in [0.3, 0.4) is 0 Å². The van der Waals surface area contributed by atoms with Crippen molar-refractivity contribution in [3.8, 4) is 0 Å². The molecule has 0 aromatic heterocycles. The molecule has 0 aromatic carbocycles. The summed E-state index contributed by atoms with van der Waals surface area (Å²) in [4.78, 5) is 24.0. The quantitative estimate of drug-likeness (QED) is 0.530. The third-order valence-electron chi connectivity index (χ3n) is 7.21. The van der Waals surface area contributed by atoms with Crippen LogP contribution in [0, 0.1) is 22.2 Å². The predicted octanol–water partition coefficient (Wildman–Crippen LogP) is 4.45. The van der Waals surface area contributed by atoms with Crippen LogP contribution in [-0.2, 0) is 14.3 Å². The lowest BCUT2D eigenvalue weighted by molar-refractivity contribution is -0.158. The van der Waals surface area contributed by atoms with Crippen molar-refractivity contribution in [1.82, 2.24) is 0 Å². The van der Waals surface area contributed by atoms with Gasteiger partial charge in [-0.1, -0.05) is 39.3 Å². The van der Waals surface area contributed by atoms with Gasteiger partial charge >= 0.3 is 5.97 Å². The van der Waals surface area contributed by atoms with E-state index in [0.717, 1.165) is 32.1 Å². The van der Waals surface area contributed by atoms with Gasteiger partial charge in [0.05, 0.1) is 0 Å². The first-order valence-electron chi connectivity index (χ1n) is 9.04. The summed E-state index contributed by atoms with van der Waals surface area (Å²) in [5.41, 5.74) is 1.21. The van der Waals surface area contributed by atoms with Crippen molar-refractivity contribution in [3.05, 3.63) is 11.6 Å². The summed E-state index contributed by atoms with van der Waals surface area (Å²) in [5, 5.41) is 0. The highest BCUT2D eigenvalue weighted by molar-refractivity contribution is 5.85. The Kier molecular flexibility index (Phi) is 3.77. The van der Waals surface area contributed by atoms with Crippen LogP contribution in [0.4, 0.5) is 0 Å². The molecule has 0 saturated heterocycles. The monoisotopic (exact) mass is 318 g/mol. The minimum atomic E-state index is -0.246. The third-order valence-corrected chi connectivity index (χ3v) is 7.21. The minimum absolute atomic E-state index is 0.0153. The number of rotatable bonds is 1. The molecule has 4 atom stereocenters. The van der Waals surface area contributed by atoms with E-state index in [1.54, 1.807) is 0 Å². The van der Waals surface area contributed by atoms with E-state index in [-0.39, 0.29) is 28.3 Å². The van der Waals surface area contributed by atoms with Crippen LogP contribution >= 0.6 is 0 Å². The van der Waals surface area contributed by atoms with Gasteiger partial charge in [0.15, 0.2) is 0 Å². The molecule has 3 rings (SSSR count). The lowest BCUT2D eigenvalue weighted by atomic mass is 9.43. The van der Waals surface area contributed by atoms with E-state index >= 15 is 0 Å². The summed E-state index contributed by atoms with van der Waals surface area (Å²) in [6.45, 7) is 10.4. The number of hydrogen-bond donors (Lipinski definition) is 0. The molecular formula is C20H30O3. The number of ether oxygens (including phenoxy) is 1.